The van der Waals surface area contributed by atoms with Crippen LogP contribution in [0.3, 0.4) is 0 Å². The smallest absolute Gasteiger partial charge is 0.0626 e. The molecule has 1 atom stereocenters. The van der Waals surface area contributed by atoms with E-state index in [1.807, 2.05) is 36.4 Å². The van der Waals surface area contributed by atoms with Gasteiger partial charge in [0.1, 0.15) is 0 Å². The zero-order valence-corrected chi connectivity index (χ0v) is 11.8. The SMILES string of the molecule is OCC(NCc1c(Cl)cccc1Cl)c1ccccc1. The lowest BCUT2D eigenvalue weighted by Crippen LogP contribution is -2.24. The quantitative estimate of drug-likeness (QED) is 0.879. The molecule has 0 aromatic heterocycles. The average molecular weight is 296 g/mol. The van der Waals surface area contributed by atoms with Crippen LogP contribution in [0, 0.1) is 0 Å². The van der Waals surface area contributed by atoms with Crippen LogP contribution in [0.4, 0.5) is 0 Å². The van der Waals surface area contributed by atoms with Crippen LogP contribution in [0.5, 0.6) is 0 Å². The number of aliphatic hydroxyl groups is 1. The van der Waals surface area contributed by atoms with E-state index in [1.165, 1.54) is 0 Å². The van der Waals surface area contributed by atoms with Gasteiger partial charge in [0.25, 0.3) is 0 Å². The lowest BCUT2D eigenvalue weighted by Gasteiger charge is -2.17. The van der Waals surface area contributed by atoms with E-state index in [0.29, 0.717) is 16.6 Å². The Morgan fingerprint density at radius 2 is 1.58 bits per heavy atom. The molecule has 2 aromatic rings. The Bertz CT molecular complexity index is 511. The molecule has 0 heterocycles. The number of hydrogen-bond donors (Lipinski definition) is 2. The fraction of sp³-hybridized carbons (Fsp3) is 0.200. The molecule has 2 aromatic carbocycles. The zero-order valence-electron chi connectivity index (χ0n) is 10.3. The fourth-order valence-electron chi connectivity index (χ4n) is 1.90. The number of aliphatic hydroxyl groups excluding tert-OH is 1. The Hall–Kier alpha value is -1.06. The third kappa shape index (κ3) is 3.71. The molecule has 0 spiro atoms. The van der Waals surface area contributed by atoms with E-state index in [0.717, 1.165) is 11.1 Å². The standard InChI is InChI=1S/C15H15Cl2NO/c16-13-7-4-8-14(17)12(13)9-18-15(10-19)11-5-2-1-3-6-11/h1-8,15,18-19H,9-10H2. The molecule has 4 heteroatoms. The molecule has 0 aliphatic rings. The highest BCUT2D eigenvalue weighted by Gasteiger charge is 2.11. The molecule has 100 valence electrons. The molecule has 0 bridgehead atoms. The van der Waals surface area contributed by atoms with Crippen molar-refractivity contribution in [1.29, 1.82) is 0 Å². The summed E-state index contributed by atoms with van der Waals surface area (Å²) < 4.78 is 0. The van der Waals surface area contributed by atoms with Crippen molar-refractivity contribution in [2.24, 2.45) is 0 Å². The molecule has 0 saturated heterocycles. The van der Waals surface area contributed by atoms with Crippen LogP contribution in [0.25, 0.3) is 0 Å². The van der Waals surface area contributed by atoms with Gasteiger partial charge >= 0.3 is 0 Å². The topological polar surface area (TPSA) is 32.3 Å². The monoisotopic (exact) mass is 295 g/mol. The highest BCUT2D eigenvalue weighted by Crippen LogP contribution is 2.25. The predicted octanol–water partition coefficient (Wildman–Crippen LogP) is 3.82. The Balaban J connectivity index is 2.09. The lowest BCUT2D eigenvalue weighted by atomic mass is 10.1. The Labute approximate surface area is 123 Å². The van der Waals surface area contributed by atoms with Crippen molar-refractivity contribution in [3.8, 4) is 0 Å². The minimum atomic E-state index is -0.131. The summed E-state index contributed by atoms with van der Waals surface area (Å²) in [7, 11) is 0. The first-order chi connectivity index (χ1) is 9.22. The maximum atomic E-state index is 9.47. The van der Waals surface area contributed by atoms with Gasteiger partial charge in [-0.15, -0.1) is 0 Å². The van der Waals surface area contributed by atoms with Crippen molar-refractivity contribution in [3.63, 3.8) is 0 Å². The molecule has 0 aliphatic heterocycles. The largest absolute Gasteiger partial charge is 0.394 e. The highest BCUT2D eigenvalue weighted by molar-refractivity contribution is 6.35. The molecule has 2 rings (SSSR count). The van der Waals surface area contributed by atoms with E-state index in [2.05, 4.69) is 5.32 Å². The van der Waals surface area contributed by atoms with Gasteiger partial charge in [0, 0.05) is 22.2 Å². The number of nitrogens with one attached hydrogen (secondary N) is 1. The molecule has 2 N–H and O–H groups in total. The summed E-state index contributed by atoms with van der Waals surface area (Å²) in [5.41, 5.74) is 1.88. The molecule has 1 unspecified atom stereocenters. The molecular weight excluding hydrogens is 281 g/mol. The van der Waals surface area contributed by atoms with E-state index in [9.17, 15) is 5.11 Å². The Kier molecular flexibility index (Phi) is 5.23. The van der Waals surface area contributed by atoms with Gasteiger partial charge < -0.3 is 10.4 Å². The van der Waals surface area contributed by atoms with Crippen molar-refractivity contribution in [2.45, 2.75) is 12.6 Å². The summed E-state index contributed by atoms with van der Waals surface area (Å²) in [6, 6.07) is 15.1. The molecule has 0 aliphatic carbocycles. The van der Waals surface area contributed by atoms with Gasteiger partial charge in [-0.2, -0.15) is 0 Å². The molecule has 19 heavy (non-hydrogen) atoms. The normalized spacial score (nSPS) is 12.4. The summed E-state index contributed by atoms with van der Waals surface area (Å²) in [4.78, 5) is 0. The van der Waals surface area contributed by atoms with Crippen molar-refractivity contribution in [2.75, 3.05) is 6.61 Å². The van der Waals surface area contributed by atoms with Crippen LogP contribution >= 0.6 is 23.2 Å². The maximum absolute atomic E-state index is 9.47. The third-order valence-electron chi connectivity index (χ3n) is 2.97. The molecular formula is C15H15Cl2NO. The van der Waals surface area contributed by atoms with Crippen LogP contribution in [-0.2, 0) is 6.54 Å². The Morgan fingerprint density at radius 1 is 0.947 bits per heavy atom. The van der Waals surface area contributed by atoms with Gasteiger partial charge in [0.2, 0.25) is 0 Å². The summed E-state index contributed by atoms with van der Waals surface area (Å²) in [5.74, 6) is 0. The molecule has 0 fully saturated rings. The maximum Gasteiger partial charge on any atom is 0.0626 e. The van der Waals surface area contributed by atoms with E-state index >= 15 is 0 Å². The van der Waals surface area contributed by atoms with Crippen LogP contribution in [-0.4, -0.2) is 11.7 Å². The molecule has 0 saturated carbocycles. The van der Waals surface area contributed by atoms with Crippen molar-refractivity contribution in [3.05, 3.63) is 69.7 Å². The van der Waals surface area contributed by atoms with E-state index in [-0.39, 0.29) is 12.6 Å². The zero-order chi connectivity index (χ0) is 13.7. The second-order valence-electron chi connectivity index (χ2n) is 4.23. The third-order valence-corrected chi connectivity index (χ3v) is 3.68. The van der Waals surface area contributed by atoms with Crippen molar-refractivity contribution in [1.82, 2.24) is 5.32 Å². The predicted molar refractivity (Wildman–Crippen MR) is 79.6 cm³/mol. The first-order valence-electron chi connectivity index (χ1n) is 6.04. The van der Waals surface area contributed by atoms with Gasteiger partial charge in [-0.3, -0.25) is 0 Å². The van der Waals surface area contributed by atoms with Crippen molar-refractivity contribution >= 4 is 23.2 Å². The summed E-state index contributed by atoms with van der Waals surface area (Å²) >= 11 is 12.2. The van der Waals surface area contributed by atoms with Crippen LogP contribution in [0.2, 0.25) is 10.0 Å². The van der Waals surface area contributed by atoms with Gasteiger partial charge in [-0.1, -0.05) is 59.6 Å². The van der Waals surface area contributed by atoms with Crippen LogP contribution < -0.4 is 5.32 Å². The second-order valence-corrected chi connectivity index (χ2v) is 5.04. The Morgan fingerprint density at radius 3 is 2.16 bits per heavy atom. The van der Waals surface area contributed by atoms with Gasteiger partial charge in [0.05, 0.1) is 12.6 Å². The van der Waals surface area contributed by atoms with Crippen LogP contribution in [0.15, 0.2) is 48.5 Å². The van der Waals surface area contributed by atoms with Crippen LogP contribution in [0.1, 0.15) is 17.2 Å². The fourth-order valence-corrected chi connectivity index (χ4v) is 2.43. The van der Waals surface area contributed by atoms with Gasteiger partial charge in [0.15, 0.2) is 0 Å². The number of benzene rings is 2. The van der Waals surface area contributed by atoms with E-state index in [4.69, 9.17) is 23.2 Å². The summed E-state index contributed by atoms with van der Waals surface area (Å²) in [6.07, 6.45) is 0. The molecule has 0 amide bonds. The minimum absolute atomic E-state index is 0.0199. The molecule has 0 radical (unpaired) electrons. The van der Waals surface area contributed by atoms with Gasteiger partial charge in [-0.05, 0) is 17.7 Å². The molecule has 2 nitrogen and oxygen atoms in total. The lowest BCUT2D eigenvalue weighted by molar-refractivity contribution is 0.243. The first kappa shape index (κ1) is 14.4. The second kappa shape index (κ2) is 6.92. The van der Waals surface area contributed by atoms with E-state index in [1.54, 1.807) is 12.1 Å². The number of halogens is 2. The minimum Gasteiger partial charge on any atom is -0.394 e. The summed E-state index contributed by atoms with van der Waals surface area (Å²) in [5, 5.41) is 14.0. The number of hydrogen-bond acceptors (Lipinski definition) is 2. The summed E-state index contributed by atoms with van der Waals surface area (Å²) in [6.45, 7) is 0.532. The van der Waals surface area contributed by atoms with Gasteiger partial charge in [-0.25, -0.2) is 0 Å². The van der Waals surface area contributed by atoms with E-state index < -0.39 is 0 Å². The number of rotatable bonds is 5. The average Bonchev–Trinajstić information content (AvgIpc) is 2.43. The highest BCUT2D eigenvalue weighted by atomic mass is 35.5. The first-order valence-corrected chi connectivity index (χ1v) is 6.80. The van der Waals surface area contributed by atoms with Crippen molar-refractivity contribution < 1.29 is 5.11 Å².